The van der Waals surface area contributed by atoms with E-state index in [1.165, 1.54) is 6.42 Å². The molecule has 6 nitrogen and oxygen atoms in total. The van der Waals surface area contributed by atoms with Gasteiger partial charge in [-0.2, -0.15) is 0 Å². The Morgan fingerprint density at radius 3 is 2.41 bits per heavy atom. The van der Waals surface area contributed by atoms with Gasteiger partial charge in [0.15, 0.2) is 5.96 Å². The van der Waals surface area contributed by atoms with Crippen LogP contribution in [0.1, 0.15) is 20.3 Å². The second-order valence-electron chi connectivity index (χ2n) is 6.61. The zero-order valence-electron chi connectivity index (χ0n) is 13.3. The Morgan fingerprint density at radius 1 is 1.27 bits per heavy atom. The molecule has 1 saturated carbocycles. The fraction of sp³-hybridized carbons (Fsp3) is 0.667. The predicted molar refractivity (Wildman–Crippen MR) is 99.6 cm³/mol. The molecule has 0 amide bonds. The average molecular weight is 416 g/mol. The molecule has 1 saturated heterocycles. The molecule has 0 bridgehead atoms. The molecule has 1 unspecified atom stereocenters. The first kappa shape index (κ1) is 17.2. The molecular formula is C15H25IN6. The van der Waals surface area contributed by atoms with Gasteiger partial charge in [0.1, 0.15) is 0 Å². The van der Waals surface area contributed by atoms with Crippen molar-refractivity contribution in [2.24, 2.45) is 22.1 Å². The number of guanidine groups is 1. The fourth-order valence-electron chi connectivity index (χ4n) is 2.78. The lowest BCUT2D eigenvalue weighted by Gasteiger charge is -2.35. The summed E-state index contributed by atoms with van der Waals surface area (Å²) in [5.41, 5.74) is 6.59. The van der Waals surface area contributed by atoms with Crippen molar-refractivity contribution in [3.63, 3.8) is 0 Å². The van der Waals surface area contributed by atoms with Crippen molar-refractivity contribution in [1.82, 2.24) is 14.9 Å². The maximum atomic E-state index is 6.12. The molecule has 1 aromatic rings. The van der Waals surface area contributed by atoms with Crippen LogP contribution in [0.3, 0.4) is 0 Å². The number of nitrogens with two attached hydrogens (primary N) is 1. The van der Waals surface area contributed by atoms with Crippen molar-refractivity contribution < 1.29 is 0 Å². The number of piperazine rings is 1. The number of nitrogens with zero attached hydrogens (tertiary/aromatic N) is 5. The summed E-state index contributed by atoms with van der Waals surface area (Å²) < 4.78 is 0. The molecule has 0 radical (unpaired) electrons. The maximum absolute atomic E-state index is 6.12. The Hall–Kier alpha value is -1.12. The van der Waals surface area contributed by atoms with Crippen LogP contribution >= 0.6 is 24.0 Å². The van der Waals surface area contributed by atoms with Gasteiger partial charge < -0.3 is 15.5 Å². The highest BCUT2D eigenvalue weighted by molar-refractivity contribution is 14.0. The van der Waals surface area contributed by atoms with E-state index in [1.54, 1.807) is 12.4 Å². The zero-order chi connectivity index (χ0) is 14.9. The Balaban J connectivity index is 0.00000176. The van der Waals surface area contributed by atoms with Gasteiger partial charge in [0.05, 0.1) is 0 Å². The second-order valence-corrected chi connectivity index (χ2v) is 6.61. The van der Waals surface area contributed by atoms with E-state index in [1.807, 2.05) is 6.07 Å². The minimum Gasteiger partial charge on any atom is -0.370 e. The molecule has 22 heavy (non-hydrogen) atoms. The molecule has 122 valence electrons. The number of aromatic nitrogens is 2. The van der Waals surface area contributed by atoms with E-state index in [-0.39, 0.29) is 24.0 Å². The first-order valence-corrected chi connectivity index (χ1v) is 7.63. The lowest BCUT2D eigenvalue weighted by molar-refractivity contribution is 0.377. The van der Waals surface area contributed by atoms with Crippen LogP contribution in [0.2, 0.25) is 0 Å². The number of hydrogen-bond donors (Lipinski definition) is 1. The smallest absolute Gasteiger partial charge is 0.225 e. The summed E-state index contributed by atoms with van der Waals surface area (Å²) in [5.74, 6) is 2.19. The number of hydrogen-bond acceptors (Lipinski definition) is 4. The highest BCUT2D eigenvalue weighted by atomic mass is 127. The maximum Gasteiger partial charge on any atom is 0.225 e. The summed E-state index contributed by atoms with van der Waals surface area (Å²) in [4.78, 5) is 17.5. The molecule has 2 N–H and O–H groups in total. The van der Waals surface area contributed by atoms with Crippen molar-refractivity contribution in [2.75, 3.05) is 37.6 Å². The molecule has 1 aliphatic carbocycles. The van der Waals surface area contributed by atoms with E-state index in [0.717, 1.165) is 38.7 Å². The van der Waals surface area contributed by atoms with Gasteiger partial charge in [-0.05, 0) is 23.8 Å². The minimum absolute atomic E-state index is 0. The van der Waals surface area contributed by atoms with Crippen molar-refractivity contribution >= 4 is 35.9 Å². The molecule has 7 heteroatoms. The summed E-state index contributed by atoms with van der Waals surface area (Å²) >= 11 is 0. The Morgan fingerprint density at radius 2 is 1.86 bits per heavy atom. The summed E-state index contributed by atoms with van der Waals surface area (Å²) in [6.45, 7) is 8.97. The minimum atomic E-state index is 0. The quantitative estimate of drug-likeness (QED) is 0.460. The van der Waals surface area contributed by atoms with E-state index in [2.05, 4.69) is 38.6 Å². The third-order valence-electron chi connectivity index (χ3n) is 4.63. The molecule has 0 spiro atoms. The van der Waals surface area contributed by atoms with Gasteiger partial charge >= 0.3 is 0 Å². The van der Waals surface area contributed by atoms with E-state index in [0.29, 0.717) is 17.3 Å². The Labute approximate surface area is 149 Å². The van der Waals surface area contributed by atoms with Crippen LogP contribution < -0.4 is 10.6 Å². The first-order valence-electron chi connectivity index (χ1n) is 7.63. The molecule has 2 aliphatic rings. The predicted octanol–water partition coefficient (Wildman–Crippen LogP) is 1.58. The fourth-order valence-corrected chi connectivity index (χ4v) is 2.78. The standard InChI is InChI=1S/C15H24N6.HI/c1-15(2)10-12(15)11-19-13(16)20-6-8-21(9-7-20)14-17-4-3-5-18-14;/h3-5,12H,6-11H2,1-2H3,(H2,16,19);1H. The molecule has 1 aromatic heterocycles. The molecule has 1 aliphatic heterocycles. The van der Waals surface area contributed by atoms with Gasteiger partial charge in [-0.3, -0.25) is 4.99 Å². The molecule has 0 aromatic carbocycles. The van der Waals surface area contributed by atoms with Crippen molar-refractivity contribution in [3.8, 4) is 0 Å². The second kappa shape index (κ2) is 6.97. The van der Waals surface area contributed by atoms with Crippen molar-refractivity contribution in [1.29, 1.82) is 0 Å². The van der Waals surface area contributed by atoms with Crippen molar-refractivity contribution in [3.05, 3.63) is 18.5 Å². The summed E-state index contributed by atoms with van der Waals surface area (Å²) in [5, 5.41) is 0. The van der Waals surface area contributed by atoms with Gasteiger partial charge in [-0.25, -0.2) is 9.97 Å². The molecule has 2 heterocycles. The third kappa shape index (κ3) is 3.99. The van der Waals surface area contributed by atoms with Crippen LogP contribution in [0.15, 0.2) is 23.5 Å². The van der Waals surface area contributed by atoms with E-state index in [4.69, 9.17) is 5.73 Å². The van der Waals surface area contributed by atoms with Crippen molar-refractivity contribution in [2.45, 2.75) is 20.3 Å². The van der Waals surface area contributed by atoms with Gasteiger partial charge in [0.25, 0.3) is 0 Å². The SMILES string of the molecule is CC1(C)CC1CN=C(N)N1CCN(c2ncccn2)CC1.I. The Bertz CT molecular complexity index is 510. The number of halogens is 1. The van der Waals surface area contributed by atoms with Crippen LogP contribution in [0.4, 0.5) is 5.95 Å². The summed E-state index contributed by atoms with van der Waals surface area (Å²) in [6.07, 6.45) is 4.83. The van der Waals surface area contributed by atoms with Gasteiger partial charge in [0.2, 0.25) is 5.95 Å². The Kier molecular flexibility index (Phi) is 5.46. The number of anilines is 1. The van der Waals surface area contributed by atoms with Crippen LogP contribution in [-0.4, -0.2) is 53.6 Å². The molecule has 2 fully saturated rings. The van der Waals surface area contributed by atoms with E-state index < -0.39 is 0 Å². The monoisotopic (exact) mass is 416 g/mol. The lowest BCUT2D eigenvalue weighted by Crippen LogP contribution is -2.51. The van der Waals surface area contributed by atoms with Crippen LogP contribution in [0.5, 0.6) is 0 Å². The van der Waals surface area contributed by atoms with Gasteiger partial charge in [-0.15, -0.1) is 24.0 Å². The topological polar surface area (TPSA) is 70.6 Å². The van der Waals surface area contributed by atoms with Gasteiger partial charge in [-0.1, -0.05) is 13.8 Å². The van der Waals surface area contributed by atoms with E-state index >= 15 is 0 Å². The van der Waals surface area contributed by atoms with Gasteiger partial charge in [0, 0.05) is 45.1 Å². The van der Waals surface area contributed by atoms with Crippen LogP contribution in [-0.2, 0) is 0 Å². The van der Waals surface area contributed by atoms with Crippen LogP contribution in [0, 0.1) is 11.3 Å². The van der Waals surface area contributed by atoms with Crippen LogP contribution in [0.25, 0.3) is 0 Å². The van der Waals surface area contributed by atoms with E-state index in [9.17, 15) is 0 Å². The first-order chi connectivity index (χ1) is 10.1. The normalized spacial score (nSPS) is 23.9. The highest BCUT2D eigenvalue weighted by Crippen LogP contribution is 2.51. The molecule has 3 rings (SSSR count). The highest BCUT2D eigenvalue weighted by Gasteiger charge is 2.45. The lowest BCUT2D eigenvalue weighted by atomic mass is 10.1. The third-order valence-corrected chi connectivity index (χ3v) is 4.63. The summed E-state index contributed by atoms with van der Waals surface area (Å²) in [7, 11) is 0. The average Bonchev–Trinajstić information content (AvgIpc) is 3.13. The number of aliphatic imine (C=N–C) groups is 1. The number of rotatable bonds is 3. The largest absolute Gasteiger partial charge is 0.370 e. The summed E-state index contributed by atoms with van der Waals surface area (Å²) in [6, 6.07) is 1.84. The molecule has 1 atom stereocenters. The molecular weight excluding hydrogens is 391 g/mol. The zero-order valence-corrected chi connectivity index (χ0v) is 15.6.